The fourth-order valence-corrected chi connectivity index (χ4v) is 4.26. The van der Waals surface area contributed by atoms with Crippen molar-refractivity contribution in [1.29, 1.82) is 0 Å². The second-order valence-electron chi connectivity index (χ2n) is 8.13. The number of hydrogen-bond donors (Lipinski definition) is 1. The summed E-state index contributed by atoms with van der Waals surface area (Å²) in [5.74, 6) is 0.598. The van der Waals surface area contributed by atoms with E-state index in [9.17, 15) is 4.79 Å². The lowest BCUT2D eigenvalue weighted by atomic mass is 9.89. The van der Waals surface area contributed by atoms with Crippen molar-refractivity contribution in [2.45, 2.75) is 39.2 Å². The Kier molecular flexibility index (Phi) is 5.54. The van der Waals surface area contributed by atoms with Crippen LogP contribution < -0.4 is 10.1 Å². The van der Waals surface area contributed by atoms with Crippen LogP contribution in [0.15, 0.2) is 55.1 Å². The van der Waals surface area contributed by atoms with Crippen LogP contribution in [0.2, 0.25) is 0 Å². The predicted octanol–water partition coefficient (Wildman–Crippen LogP) is 4.34. The molecule has 7 nitrogen and oxygen atoms in total. The summed E-state index contributed by atoms with van der Waals surface area (Å²) in [6.07, 6.45) is 7.17. The van der Waals surface area contributed by atoms with Gasteiger partial charge >= 0.3 is 0 Å². The first-order valence-electron chi connectivity index (χ1n) is 11.0. The Morgan fingerprint density at radius 2 is 2.06 bits per heavy atom. The van der Waals surface area contributed by atoms with Gasteiger partial charge in [0, 0.05) is 22.8 Å². The fourth-order valence-electron chi connectivity index (χ4n) is 4.26. The molecule has 7 heteroatoms. The number of nitrogens with one attached hydrogen (secondary N) is 1. The van der Waals surface area contributed by atoms with Gasteiger partial charge < -0.3 is 10.1 Å². The number of aryl methyl sites for hydroxylation is 2. The first kappa shape index (κ1) is 20.2. The molecular weight excluding hydrogens is 402 g/mol. The van der Waals surface area contributed by atoms with Crippen molar-refractivity contribution in [1.82, 2.24) is 19.7 Å². The van der Waals surface area contributed by atoms with Crippen molar-refractivity contribution in [2.75, 3.05) is 11.9 Å². The third kappa shape index (κ3) is 4.19. The zero-order valence-electron chi connectivity index (χ0n) is 18.0. The number of fused-ring (bicyclic) bond motifs is 2. The predicted molar refractivity (Wildman–Crippen MR) is 123 cm³/mol. The summed E-state index contributed by atoms with van der Waals surface area (Å²) < 4.78 is 7.55. The molecule has 0 unspecified atom stereocenters. The number of rotatable bonds is 6. The first-order chi connectivity index (χ1) is 15.7. The minimum absolute atomic E-state index is 0.0964. The molecule has 0 aliphatic heterocycles. The van der Waals surface area contributed by atoms with Crippen LogP contribution in [-0.2, 0) is 19.4 Å². The number of pyridine rings is 1. The summed E-state index contributed by atoms with van der Waals surface area (Å²) in [6, 6.07) is 13.6. The molecule has 2 aromatic carbocycles. The molecule has 32 heavy (non-hydrogen) atoms. The van der Waals surface area contributed by atoms with Crippen molar-refractivity contribution >= 4 is 22.5 Å². The van der Waals surface area contributed by atoms with Gasteiger partial charge in [-0.15, -0.1) is 0 Å². The molecule has 1 amide bonds. The van der Waals surface area contributed by atoms with Crippen LogP contribution in [0.5, 0.6) is 5.75 Å². The topological polar surface area (TPSA) is 81.9 Å². The van der Waals surface area contributed by atoms with Crippen molar-refractivity contribution in [3.8, 4) is 5.75 Å². The van der Waals surface area contributed by atoms with Gasteiger partial charge in [-0.05, 0) is 62.4 Å². The van der Waals surface area contributed by atoms with Crippen LogP contribution >= 0.6 is 0 Å². The average molecular weight is 428 g/mol. The minimum atomic E-state index is -0.0964. The lowest BCUT2D eigenvalue weighted by Gasteiger charge is -2.20. The van der Waals surface area contributed by atoms with E-state index in [-0.39, 0.29) is 5.91 Å². The van der Waals surface area contributed by atoms with Crippen LogP contribution in [0.3, 0.4) is 0 Å². The van der Waals surface area contributed by atoms with E-state index in [1.807, 2.05) is 43.3 Å². The second kappa shape index (κ2) is 8.78. The molecule has 5 rings (SSSR count). The lowest BCUT2D eigenvalue weighted by Crippen LogP contribution is -2.19. The third-order valence-corrected chi connectivity index (χ3v) is 5.79. The highest BCUT2D eigenvalue weighted by atomic mass is 16.5. The summed E-state index contributed by atoms with van der Waals surface area (Å²) in [4.78, 5) is 22.3. The quantitative estimate of drug-likeness (QED) is 0.495. The van der Waals surface area contributed by atoms with Crippen molar-refractivity contribution < 1.29 is 9.53 Å². The largest absolute Gasteiger partial charge is 0.492 e. The summed E-state index contributed by atoms with van der Waals surface area (Å²) in [7, 11) is 0. The normalized spacial score (nSPS) is 13.0. The lowest BCUT2D eigenvalue weighted by molar-refractivity contribution is 0.102. The minimum Gasteiger partial charge on any atom is -0.492 e. The Hall–Kier alpha value is -3.74. The molecule has 0 radical (unpaired) electrons. The molecule has 1 aliphatic carbocycles. The van der Waals surface area contributed by atoms with Crippen molar-refractivity contribution in [3.63, 3.8) is 0 Å². The number of amides is 1. The van der Waals surface area contributed by atoms with Crippen LogP contribution in [0.25, 0.3) is 10.9 Å². The van der Waals surface area contributed by atoms with E-state index >= 15 is 0 Å². The van der Waals surface area contributed by atoms with Gasteiger partial charge in [0.15, 0.2) is 0 Å². The monoisotopic (exact) mass is 427 g/mol. The number of nitrogens with zero attached hydrogens (tertiary/aromatic N) is 4. The zero-order chi connectivity index (χ0) is 21.9. The average Bonchev–Trinajstić information content (AvgIpc) is 3.31. The number of hydrogen-bond acceptors (Lipinski definition) is 5. The van der Waals surface area contributed by atoms with Gasteiger partial charge in [0.1, 0.15) is 25.0 Å². The Labute approximate surface area is 186 Å². The molecule has 162 valence electrons. The SMILES string of the molecule is Cc1ccc2nc3c(c(C(=O)Nc4cccc(OCCn5cncn5)c4)c2c1)CCCC3. The maximum absolute atomic E-state index is 13.5. The Balaban J connectivity index is 1.40. The van der Waals surface area contributed by atoms with Gasteiger partial charge in [-0.3, -0.25) is 9.78 Å². The van der Waals surface area contributed by atoms with Gasteiger partial charge in [0.05, 0.1) is 17.6 Å². The van der Waals surface area contributed by atoms with E-state index in [1.54, 1.807) is 11.0 Å². The maximum atomic E-state index is 13.5. The van der Waals surface area contributed by atoms with Crippen LogP contribution in [0.4, 0.5) is 5.69 Å². The van der Waals surface area contributed by atoms with Crippen LogP contribution in [0, 0.1) is 6.92 Å². The Bertz CT molecular complexity index is 1270. The second-order valence-corrected chi connectivity index (χ2v) is 8.13. The summed E-state index contributed by atoms with van der Waals surface area (Å²) in [5, 5.41) is 8.08. The van der Waals surface area contributed by atoms with E-state index in [0.717, 1.165) is 59.0 Å². The zero-order valence-corrected chi connectivity index (χ0v) is 18.0. The molecule has 2 heterocycles. The molecule has 0 bridgehead atoms. The van der Waals surface area contributed by atoms with Gasteiger partial charge in [-0.2, -0.15) is 5.10 Å². The standard InChI is InChI=1S/C25H25N5O2/c1-17-9-10-23-21(13-17)24(20-7-2-3-8-22(20)29-23)25(31)28-18-5-4-6-19(14-18)32-12-11-30-16-26-15-27-30/h4-6,9-10,13-16H,2-3,7-8,11-12H2,1H3,(H,28,31). The van der Waals surface area contributed by atoms with Gasteiger partial charge in [-0.25, -0.2) is 9.67 Å². The first-order valence-corrected chi connectivity index (χ1v) is 11.0. The van der Waals surface area contributed by atoms with E-state index in [2.05, 4.69) is 21.5 Å². The highest BCUT2D eigenvalue weighted by Gasteiger charge is 2.23. The molecular formula is C25H25N5O2. The number of carbonyl (C=O) groups excluding carboxylic acids is 1. The number of carbonyl (C=O) groups is 1. The van der Waals surface area contributed by atoms with E-state index < -0.39 is 0 Å². The molecule has 0 atom stereocenters. The number of anilines is 1. The van der Waals surface area contributed by atoms with Crippen molar-refractivity contribution in [3.05, 3.63) is 77.5 Å². The summed E-state index contributed by atoms with van der Waals surface area (Å²) in [5.41, 5.74) is 5.61. The van der Waals surface area contributed by atoms with E-state index in [0.29, 0.717) is 24.6 Å². The Morgan fingerprint density at radius 1 is 1.16 bits per heavy atom. The molecule has 1 aliphatic rings. The summed E-state index contributed by atoms with van der Waals surface area (Å²) in [6.45, 7) is 3.11. The fraction of sp³-hybridized carbons (Fsp3) is 0.280. The summed E-state index contributed by atoms with van der Waals surface area (Å²) >= 11 is 0. The highest BCUT2D eigenvalue weighted by Crippen LogP contribution is 2.31. The number of benzene rings is 2. The smallest absolute Gasteiger partial charge is 0.256 e. The molecule has 2 aromatic heterocycles. The molecule has 1 N–H and O–H groups in total. The Morgan fingerprint density at radius 3 is 2.94 bits per heavy atom. The van der Waals surface area contributed by atoms with Crippen LogP contribution in [-0.4, -0.2) is 32.3 Å². The molecule has 0 spiro atoms. The van der Waals surface area contributed by atoms with Crippen molar-refractivity contribution in [2.24, 2.45) is 0 Å². The highest BCUT2D eigenvalue weighted by molar-refractivity contribution is 6.13. The molecule has 0 fully saturated rings. The van der Waals surface area contributed by atoms with Gasteiger partial charge in [-0.1, -0.05) is 17.7 Å². The van der Waals surface area contributed by atoms with Crippen LogP contribution in [0.1, 0.15) is 40.0 Å². The molecule has 0 saturated heterocycles. The van der Waals surface area contributed by atoms with E-state index in [1.165, 1.54) is 6.33 Å². The van der Waals surface area contributed by atoms with Gasteiger partial charge in [0.2, 0.25) is 0 Å². The maximum Gasteiger partial charge on any atom is 0.256 e. The molecule has 4 aromatic rings. The van der Waals surface area contributed by atoms with Gasteiger partial charge in [0.25, 0.3) is 5.91 Å². The molecule has 0 saturated carbocycles. The number of aromatic nitrogens is 4. The number of ether oxygens (including phenoxy) is 1. The third-order valence-electron chi connectivity index (χ3n) is 5.79. The van der Waals surface area contributed by atoms with E-state index in [4.69, 9.17) is 9.72 Å².